The summed E-state index contributed by atoms with van der Waals surface area (Å²) in [5.74, 6) is -0.441. The molecule has 5 atom stereocenters. The molecule has 0 spiro atoms. The molecule has 5 heterocycles. The molecule has 21 heteroatoms. The number of rotatable bonds is 13. The number of anilines is 2. The van der Waals surface area contributed by atoms with Gasteiger partial charge in [0, 0.05) is 25.2 Å². The Hall–Kier alpha value is -6.17. The number of aromatic nitrogens is 1. The van der Waals surface area contributed by atoms with Crippen molar-refractivity contribution in [3.8, 4) is 23.0 Å². The van der Waals surface area contributed by atoms with E-state index in [1.165, 1.54) is 43.3 Å². The zero-order valence-corrected chi connectivity index (χ0v) is 52.8. The molecule has 4 aliphatic heterocycles. The van der Waals surface area contributed by atoms with Crippen molar-refractivity contribution in [3.63, 3.8) is 0 Å². The van der Waals surface area contributed by atoms with Crippen LogP contribution in [0.3, 0.4) is 0 Å². The largest absolute Gasteiger partial charge is 0.493 e. The van der Waals surface area contributed by atoms with E-state index >= 15 is 0 Å². The molecular weight excluding hydrogens is 1060 g/mol. The molecule has 0 radical (unpaired) electrons. The number of benzene rings is 2. The smallest absolute Gasteiger partial charge is 0.417 e. The predicted molar refractivity (Wildman–Crippen MR) is 309 cm³/mol. The van der Waals surface area contributed by atoms with Gasteiger partial charge < -0.3 is 51.8 Å². The molecule has 80 heavy (non-hydrogen) atoms. The van der Waals surface area contributed by atoms with Gasteiger partial charge in [-0.3, -0.25) is 14.6 Å². The van der Waals surface area contributed by atoms with E-state index < -0.39 is 70.5 Å². The van der Waals surface area contributed by atoms with Gasteiger partial charge in [-0.1, -0.05) is 60.6 Å². The molecule has 0 aliphatic carbocycles. The van der Waals surface area contributed by atoms with Crippen molar-refractivity contribution in [2.75, 3.05) is 44.2 Å². The summed E-state index contributed by atoms with van der Waals surface area (Å²) in [5, 5.41) is -0.524. The molecule has 4 amide bonds. The molecule has 2 aromatic carbocycles. The minimum absolute atomic E-state index is 0.134. The van der Waals surface area contributed by atoms with E-state index in [4.69, 9.17) is 47.0 Å². The second-order valence-corrected chi connectivity index (χ2v) is 36.0. The topological polar surface area (TPSA) is 194 Å². The number of esters is 1. The van der Waals surface area contributed by atoms with E-state index in [1.807, 2.05) is 0 Å². The third kappa shape index (κ3) is 12.8. The molecular formula is C59H85N5O14Si2. The lowest BCUT2D eigenvalue weighted by Gasteiger charge is -2.44. The molecule has 0 N–H and O–H groups in total. The van der Waals surface area contributed by atoms with E-state index in [1.54, 1.807) is 75.6 Å². The first-order valence-electron chi connectivity index (χ1n) is 27.4. The average molecular weight is 1140 g/mol. The van der Waals surface area contributed by atoms with E-state index in [0.717, 1.165) is 5.57 Å². The highest BCUT2D eigenvalue weighted by molar-refractivity contribution is 6.74. The molecule has 1 aromatic heterocycles. The maximum atomic E-state index is 14.8. The quantitative estimate of drug-likeness (QED) is 0.0678. The standard InChI is InChI=1S/C59H85N5O14Si2/c1-34-22-43-51(77-79(18,19)58(9,10)11)63(54(68)75-56(3,4)5)41-28-47(45(70-15)26-39(41)49(65)61(43)30-34)73-32-37-24-36(53(67)72-17)25-38(60-37)33-74-48-29-42-40(27-46(48)71-16)50(66)62-31-35(2)23-44(62)52(78-80(20,21)59(12,13)14)64(42)55(69)76-57(6,7)8/h24-29,35,43-44,51-52H,1,22-23,30-33H2,2-21H3/t35?,43-,44-,51?,52?/m0/s1. The molecule has 438 valence electrons. The average Bonchev–Trinajstić information content (AvgIpc) is 3.89. The summed E-state index contributed by atoms with van der Waals surface area (Å²) in [6.45, 7) is 38.4. The van der Waals surface area contributed by atoms with Crippen molar-refractivity contribution in [2.24, 2.45) is 5.92 Å². The number of pyridine rings is 1. The van der Waals surface area contributed by atoms with Gasteiger partial charge in [0.2, 0.25) is 0 Å². The number of ether oxygens (including phenoxy) is 7. The Morgan fingerprint density at radius 1 is 0.625 bits per heavy atom. The van der Waals surface area contributed by atoms with Crippen LogP contribution >= 0.6 is 0 Å². The van der Waals surface area contributed by atoms with Crippen LogP contribution in [0.4, 0.5) is 21.0 Å². The third-order valence-electron chi connectivity index (χ3n) is 15.8. The molecule has 0 saturated carbocycles. The Bertz CT molecular complexity index is 2920. The molecule has 3 unspecified atom stereocenters. The lowest BCUT2D eigenvalue weighted by atomic mass is 10.1. The maximum absolute atomic E-state index is 14.8. The van der Waals surface area contributed by atoms with E-state index in [2.05, 4.69) is 81.2 Å². The molecule has 0 bridgehead atoms. The highest BCUT2D eigenvalue weighted by Crippen LogP contribution is 2.48. The van der Waals surface area contributed by atoms with Gasteiger partial charge in [0.1, 0.15) is 24.4 Å². The molecule has 7 rings (SSSR count). The Labute approximate surface area is 474 Å². The van der Waals surface area contributed by atoms with Crippen molar-refractivity contribution in [3.05, 3.63) is 76.6 Å². The Morgan fingerprint density at radius 3 is 1.45 bits per heavy atom. The number of nitrogens with zero attached hydrogens (tertiary/aromatic N) is 5. The monoisotopic (exact) mass is 1140 g/mol. The second-order valence-electron chi connectivity index (χ2n) is 26.5. The minimum Gasteiger partial charge on any atom is -0.493 e. The van der Waals surface area contributed by atoms with Gasteiger partial charge >= 0.3 is 18.2 Å². The number of carbonyl (C=O) groups is 5. The number of hydrogen-bond acceptors (Lipinski definition) is 15. The zero-order chi connectivity index (χ0) is 59.6. The highest BCUT2D eigenvalue weighted by Gasteiger charge is 2.54. The molecule has 2 saturated heterocycles. The van der Waals surface area contributed by atoms with Gasteiger partial charge in [0.25, 0.3) is 11.8 Å². The number of methoxy groups -OCH3 is 3. The first-order valence-corrected chi connectivity index (χ1v) is 33.2. The fourth-order valence-electron chi connectivity index (χ4n) is 9.79. The fraction of sp³-hybridized carbons (Fsp3) is 0.593. The lowest BCUT2D eigenvalue weighted by Crippen LogP contribution is -2.58. The summed E-state index contributed by atoms with van der Waals surface area (Å²) in [6, 6.07) is 8.27. The molecule has 2 fully saturated rings. The fourth-order valence-corrected chi connectivity index (χ4v) is 12.2. The molecule has 3 aromatic rings. The Balaban J connectivity index is 1.28. The van der Waals surface area contributed by atoms with Crippen molar-refractivity contribution >= 4 is 58.0 Å². The lowest BCUT2D eigenvalue weighted by molar-refractivity contribution is 0.0335. The van der Waals surface area contributed by atoms with Gasteiger partial charge in [-0.15, -0.1) is 0 Å². The summed E-state index contributed by atoms with van der Waals surface area (Å²) < 4.78 is 56.5. The van der Waals surface area contributed by atoms with Crippen LogP contribution in [0, 0.1) is 5.92 Å². The highest BCUT2D eigenvalue weighted by atomic mass is 28.4. The number of hydrogen-bond donors (Lipinski definition) is 0. The van der Waals surface area contributed by atoms with Crippen LogP contribution in [-0.2, 0) is 36.3 Å². The first-order chi connectivity index (χ1) is 36.9. The molecule has 19 nitrogen and oxygen atoms in total. The van der Waals surface area contributed by atoms with Crippen molar-refractivity contribution in [1.29, 1.82) is 0 Å². The summed E-state index contributed by atoms with van der Waals surface area (Å²) in [7, 11) is -1.13. The van der Waals surface area contributed by atoms with Crippen molar-refractivity contribution < 1.29 is 66.0 Å². The van der Waals surface area contributed by atoms with Crippen molar-refractivity contribution in [1.82, 2.24) is 14.8 Å². The van der Waals surface area contributed by atoms with Crippen LogP contribution in [0.1, 0.15) is 145 Å². The van der Waals surface area contributed by atoms with Crippen LogP contribution in [0.25, 0.3) is 0 Å². The van der Waals surface area contributed by atoms with Crippen LogP contribution in [-0.4, -0.2) is 132 Å². The summed E-state index contributed by atoms with van der Waals surface area (Å²) in [6.07, 6.45) is -2.27. The van der Waals surface area contributed by atoms with Crippen LogP contribution in [0.15, 0.2) is 48.6 Å². The number of amides is 4. The predicted octanol–water partition coefficient (Wildman–Crippen LogP) is 11.9. The van der Waals surface area contributed by atoms with Gasteiger partial charge in [0.05, 0.1) is 72.9 Å². The zero-order valence-electron chi connectivity index (χ0n) is 50.8. The third-order valence-corrected chi connectivity index (χ3v) is 24.7. The summed E-state index contributed by atoms with van der Waals surface area (Å²) in [4.78, 5) is 83.6. The second kappa shape index (κ2) is 22.3. The van der Waals surface area contributed by atoms with Crippen LogP contribution in [0.2, 0.25) is 36.3 Å². The Kier molecular flexibility index (Phi) is 17.1. The van der Waals surface area contributed by atoms with Gasteiger partial charge in [-0.05, 0) is 121 Å². The minimum atomic E-state index is -2.66. The van der Waals surface area contributed by atoms with E-state index in [9.17, 15) is 24.0 Å². The van der Waals surface area contributed by atoms with E-state index in [0.29, 0.717) is 19.4 Å². The SMILES string of the molecule is C=C1C[C@H]2C(O[Si](C)(C)C(C)(C)C)N(C(=O)OC(C)(C)C)c3cc(OCc4cc(C(=O)OC)cc(COc5cc6c(cc5OC)C(=O)N5CC(C)C[C@H]5C(O[Si](C)(C)C(C)(C)C)N6C(=O)OC(C)(C)C)n4)c(OC)cc3C(=O)N2C1. The van der Waals surface area contributed by atoms with Gasteiger partial charge in [-0.25, -0.2) is 24.2 Å². The molecule has 4 aliphatic rings. The summed E-state index contributed by atoms with van der Waals surface area (Å²) in [5.41, 5.74) is 0.506. The van der Waals surface area contributed by atoms with Gasteiger partial charge in [0.15, 0.2) is 52.1 Å². The van der Waals surface area contributed by atoms with Crippen LogP contribution < -0.4 is 28.7 Å². The van der Waals surface area contributed by atoms with E-state index in [-0.39, 0.29) is 110 Å². The van der Waals surface area contributed by atoms with Crippen molar-refractivity contribution in [2.45, 2.75) is 188 Å². The maximum Gasteiger partial charge on any atom is 0.417 e. The van der Waals surface area contributed by atoms with Gasteiger partial charge in [-0.2, -0.15) is 0 Å². The summed E-state index contributed by atoms with van der Waals surface area (Å²) >= 11 is 0. The normalized spacial score (nSPS) is 20.8. The van der Waals surface area contributed by atoms with Crippen LogP contribution in [0.5, 0.6) is 23.0 Å². The number of fused-ring (bicyclic) bond motifs is 4. The Morgan fingerprint density at radius 2 is 1.05 bits per heavy atom. The first kappa shape index (κ1) is 61.5. The number of carbonyl (C=O) groups excluding carboxylic acids is 5.